The molecule has 5 rings (SSSR count). The Balaban J connectivity index is 1.58. The second kappa shape index (κ2) is 9.60. The second-order valence-corrected chi connectivity index (χ2v) is 8.80. The topological polar surface area (TPSA) is 102 Å². The number of benzene rings is 1. The van der Waals surface area contributed by atoms with Crippen molar-refractivity contribution in [2.24, 2.45) is 5.73 Å². The van der Waals surface area contributed by atoms with Crippen LogP contribution in [0, 0.1) is 5.82 Å². The van der Waals surface area contributed by atoms with Gasteiger partial charge in [0.2, 0.25) is 0 Å². The molecule has 4 aromatic rings. The van der Waals surface area contributed by atoms with E-state index in [9.17, 15) is 17.6 Å². The van der Waals surface area contributed by atoms with Crippen LogP contribution in [0.5, 0.6) is 5.75 Å². The molecule has 0 bridgehead atoms. The monoisotopic (exact) mass is 504 g/mol. The Labute approximate surface area is 203 Å². The summed E-state index contributed by atoms with van der Waals surface area (Å²) in [6.07, 6.45) is -2.27. The number of hydrogen-bond donors (Lipinski definition) is 2. The Morgan fingerprint density at radius 1 is 1.17 bits per heavy atom. The van der Waals surface area contributed by atoms with Crippen LogP contribution in [0.2, 0.25) is 0 Å². The molecule has 1 aromatic carbocycles. The first-order valence-corrected chi connectivity index (χ1v) is 11.5. The molecule has 0 saturated carbocycles. The minimum absolute atomic E-state index is 0.0426. The third kappa shape index (κ3) is 4.71. The van der Waals surface area contributed by atoms with E-state index in [-0.39, 0.29) is 49.5 Å². The number of ether oxygens (including phenoxy) is 1. The number of hydrogen-bond acceptors (Lipinski definition) is 7. The predicted octanol–water partition coefficient (Wildman–Crippen LogP) is 3.48. The quantitative estimate of drug-likeness (QED) is 0.294. The fourth-order valence-electron chi connectivity index (χ4n) is 4.55. The highest BCUT2D eigenvalue weighted by atomic mass is 19.4. The van der Waals surface area contributed by atoms with Gasteiger partial charge in [-0.1, -0.05) is 12.1 Å². The lowest BCUT2D eigenvalue weighted by Crippen LogP contribution is -2.38. The second-order valence-electron chi connectivity index (χ2n) is 8.80. The van der Waals surface area contributed by atoms with Gasteiger partial charge in [0.15, 0.2) is 11.5 Å². The first-order valence-electron chi connectivity index (χ1n) is 11.5. The summed E-state index contributed by atoms with van der Waals surface area (Å²) >= 11 is 0. The smallest absolute Gasteiger partial charge is 0.408 e. The number of nitrogens with zero attached hydrogens (tertiary/aromatic N) is 5. The van der Waals surface area contributed by atoms with Gasteiger partial charge in [0.25, 0.3) is 0 Å². The Morgan fingerprint density at radius 2 is 2.00 bits per heavy atom. The molecule has 3 aromatic heterocycles. The summed E-state index contributed by atoms with van der Waals surface area (Å²) in [5.41, 5.74) is 6.96. The molecule has 0 amide bonds. The van der Waals surface area contributed by atoms with Crippen LogP contribution < -0.4 is 10.5 Å². The number of nitrogens with two attached hydrogens (primary N) is 1. The van der Waals surface area contributed by atoms with Gasteiger partial charge in [-0.05, 0) is 30.2 Å². The summed E-state index contributed by atoms with van der Waals surface area (Å²) in [7, 11) is 0. The summed E-state index contributed by atoms with van der Waals surface area (Å²) < 4.78 is 63.5. The van der Waals surface area contributed by atoms with Crippen molar-refractivity contribution in [2.75, 3.05) is 26.3 Å². The van der Waals surface area contributed by atoms with Gasteiger partial charge in [-0.2, -0.15) is 13.2 Å². The number of aliphatic hydroxyl groups is 1. The van der Waals surface area contributed by atoms with Gasteiger partial charge in [0.1, 0.15) is 28.8 Å². The van der Waals surface area contributed by atoms with Crippen LogP contribution >= 0.6 is 0 Å². The summed E-state index contributed by atoms with van der Waals surface area (Å²) in [5.74, 6) is -0.0795. The normalized spacial score (nSPS) is 17.8. The zero-order valence-electron chi connectivity index (χ0n) is 19.1. The number of rotatable bonds is 7. The Morgan fingerprint density at radius 3 is 2.72 bits per heavy atom. The lowest BCUT2D eigenvalue weighted by Gasteiger charge is -2.30. The molecule has 1 aliphatic rings. The third-order valence-corrected chi connectivity index (χ3v) is 6.18. The Kier molecular flexibility index (Phi) is 6.49. The van der Waals surface area contributed by atoms with Crippen molar-refractivity contribution in [3.8, 4) is 17.3 Å². The van der Waals surface area contributed by atoms with Crippen LogP contribution in [0.3, 0.4) is 0 Å². The maximum Gasteiger partial charge on any atom is 0.408 e. The standard InChI is InChI=1S/C24H24F4N6O2/c25-16-10-14-2-4-18(30-21(14)19(11-16)36-9-1-8-35)23-32-31-20-5-3-15(12-34(20)23)22(24(26,27)28)33-7-6-17(29)13-33/h2-5,10-12,17,22,35H,1,6-9,13,29H2. The zero-order valence-corrected chi connectivity index (χ0v) is 19.1. The number of pyridine rings is 2. The van der Waals surface area contributed by atoms with Crippen molar-refractivity contribution in [2.45, 2.75) is 31.1 Å². The number of fused-ring (bicyclic) bond motifs is 2. The molecule has 1 fully saturated rings. The maximum absolute atomic E-state index is 14.1. The van der Waals surface area contributed by atoms with E-state index in [0.717, 1.165) is 0 Å². The molecular weight excluding hydrogens is 480 g/mol. The molecule has 1 aliphatic heterocycles. The van der Waals surface area contributed by atoms with E-state index in [1.807, 2.05) is 0 Å². The maximum atomic E-state index is 14.1. The number of halogens is 4. The summed E-state index contributed by atoms with van der Waals surface area (Å²) in [5, 5.41) is 17.7. The predicted molar refractivity (Wildman–Crippen MR) is 124 cm³/mol. The average molecular weight is 504 g/mol. The molecule has 36 heavy (non-hydrogen) atoms. The highest BCUT2D eigenvalue weighted by molar-refractivity contribution is 5.86. The molecule has 4 heterocycles. The SMILES string of the molecule is NC1CCN(C(c2ccc3nnc(-c4ccc5cc(F)cc(OCCCO)c5n4)n3c2)C(F)(F)F)C1. The lowest BCUT2D eigenvalue weighted by molar-refractivity contribution is -0.183. The van der Waals surface area contributed by atoms with E-state index in [4.69, 9.17) is 15.6 Å². The van der Waals surface area contributed by atoms with E-state index >= 15 is 0 Å². The lowest BCUT2D eigenvalue weighted by atomic mass is 10.1. The van der Waals surface area contributed by atoms with E-state index in [1.54, 1.807) is 12.1 Å². The van der Waals surface area contributed by atoms with Crippen LogP contribution in [0.1, 0.15) is 24.4 Å². The van der Waals surface area contributed by atoms with Gasteiger partial charge < -0.3 is 15.6 Å². The van der Waals surface area contributed by atoms with Gasteiger partial charge in [0, 0.05) is 49.8 Å². The molecule has 2 unspecified atom stereocenters. The Hall–Kier alpha value is -3.35. The first-order chi connectivity index (χ1) is 17.2. The number of alkyl halides is 3. The van der Waals surface area contributed by atoms with Crippen LogP contribution in [0.25, 0.3) is 28.1 Å². The number of likely N-dealkylation sites (tertiary alicyclic amines) is 1. The summed E-state index contributed by atoms with van der Waals surface area (Å²) in [4.78, 5) is 5.91. The molecular formula is C24H24F4N6O2. The molecule has 8 nitrogen and oxygen atoms in total. The van der Waals surface area contributed by atoms with Crippen molar-refractivity contribution < 1.29 is 27.4 Å². The van der Waals surface area contributed by atoms with Crippen molar-refractivity contribution in [1.29, 1.82) is 0 Å². The zero-order chi connectivity index (χ0) is 25.4. The highest BCUT2D eigenvalue weighted by Gasteiger charge is 2.46. The fourth-order valence-corrected chi connectivity index (χ4v) is 4.55. The van der Waals surface area contributed by atoms with Crippen LogP contribution in [-0.4, -0.2) is 68.1 Å². The molecule has 190 valence electrons. The van der Waals surface area contributed by atoms with E-state index in [2.05, 4.69) is 15.2 Å². The largest absolute Gasteiger partial charge is 0.491 e. The molecule has 0 radical (unpaired) electrons. The minimum atomic E-state index is -4.50. The van der Waals surface area contributed by atoms with E-state index < -0.39 is 18.0 Å². The average Bonchev–Trinajstić information content (AvgIpc) is 3.44. The Bertz CT molecular complexity index is 1390. The van der Waals surface area contributed by atoms with Crippen molar-refractivity contribution in [1.82, 2.24) is 24.5 Å². The van der Waals surface area contributed by atoms with Crippen LogP contribution in [0.15, 0.2) is 42.6 Å². The summed E-state index contributed by atoms with van der Waals surface area (Å²) in [6, 6.07) is 6.51. The molecule has 3 N–H and O–H groups in total. The molecule has 1 saturated heterocycles. The molecule has 0 aliphatic carbocycles. The van der Waals surface area contributed by atoms with E-state index in [0.29, 0.717) is 35.1 Å². The molecule has 2 atom stereocenters. The van der Waals surface area contributed by atoms with Gasteiger partial charge >= 0.3 is 6.18 Å². The van der Waals surface area contributed by atoms with E-state index in [1.165, 1.54) is 39.8 Å². The van der Waals surface area contributed by atoms with Crippen LogP contribution in [0.4, 0.5) is 17.6 Å². The minimum Gasteiger partial charge on any atom is -0.491 e. The number of aromatic nitrogens is 4. The molecule has 0 spiro atoms. The first kappa shape index (κ1) is 24.3. The van der Waals surface area contributed by atoms with Gasteiger partial charge in [-0.25, -0.2) is 9.37 Å². The molecule has 12 heteroatoms. The third-order valence-electron chi connectivity index (χ3n) is 6.18. The van der Waals surface area contributed by atoms with Crippen molar-refractivity contribution in [3.63, 3.8) is 0 Å². The highest BCUT2D eigenvalue weighted by Crippen LogP contribution is 2.39. The van der Waals surface area contributed by atoms with Crippen molar-refractivity contribution in [3.05, 3.63) is 54.0 Å². The van der Waals surface area contributed by atoms with Gasteiger partial charge in [0.05, 0.1) is 6.61 Å². The fraction of sp³-hybridized carbons (Fsp3) is 0.375. The van der Waals surface area contributed by atoms with Crippen LogP contribution in [-0.2, 0) is 0 Å². The number of aliphatic hydroxyl groups excluding tert-OH is 1. The van der Waals surface area contributed by atoms with Gasteiger partial charge in [-0.3, -0.25) is 9.30 Å². The summed E-state index contributed by atoms with van der Waals surface area (Å²) in [6.45, 7) is 0.485. The van der Waals surface area contributed by atoms with Gasteiger partial charge in [-0.15, -0.1) is 10.2 Å². The van der Waals surface area contributed by atoms with Crippen molar-refractivity contribution >= 4 is 16.6 Å².